The van der Waals surface area contributed by atoms with E-state index in [4.69, 9.17) is 4.74 Å². The first-order valence-corrected chi connectivity index (χ1v) is 8.16. The monoisotopic (exact) mass is 397 g/mol. The SMILES string of the molecule is COc1ccc(C)cc1NC(=O)CCNc1ccc(C(F)(F)F)cc1[N+](=O)[O-]. The Morgan fingerprint density at radius 1 is 1.18 bits per heavy atom. The van der Waals surface area contributed by atoms with E-state index < -0.39 is 22.4 Å². The van der Waals surface area contributed by atoms with Crippen LogP contribution in [0.5, 0.6) is 5.75 Å². The van der Waals surface area contributed by atoms with Gasteiger partial charge >= 0.3 is 6.18 Å². The van der Waals surface area contributed by atoms with E-state index in [-0.39, 0.29) is 24.6 Å². The fraction of sp³-hybridized carbons (Fsp3) is 0.278. The van der Waals surface area contributed by atoms with Gasteiger partial charge in [0.25, 0.3) is 5.69 Å². The number of aryl methyl sites for hydroxylation is 1. The van der Waals surface area contributed by atoms with Crippen molar-refractivity contribution in [2.24, 2.45) is 0 Å². The van der Waals surface area contributed by atoms with Gasteiger partial charge in [-0.3, -0.25) is 14.9 Å². The number of carbonyl (C=O) groups excluding carboxylic acids is 1. The molecule has 2 N–H and O–H groups in total. The number of nitrogens with one attached hydrogen (secondary N) is 2. The summed E-state index contributed by atoms with van der Waals surface area (Å²) in [4.78, 5) is 22.2. The summed E-state index contributed by atoms with van der Waals surface area (Å²) >= 11 is 0. The Hall–Kier alpha value is -3.30. The average Bonchev–Trinajstić information content (AvgIpc) is 2.61. The minimum atomic E-state index is -4.68. The van der Waals surface area contributed by atoms with E-state index in [1.54, 1.807) is 12.1 Å². The van der Waals surface area contributed by atoms with Crippen LogP contribution in [0.4, 0.5) is 30.2 Å². The van der Waals surface area contributed by atoms with Crippen molar-refractivity contribution in [2.75, 3.05) is 24.3 Å². The summed E-state index contributed by atoms with van der Waals surface area (Å²) in [5.41, 5.74) is -0.536. The molecule has 2 rings (SSSR count). The maximum absolute atomic E-state index is 12.7. The van der Waals surface area contributed by atoms with E-state index >= 15 is 0 Å². The lowest BCUT2D eigenvalue weighted by Crippen LogP contribution is -2.17. The van der Waals surface area contributed by atoms with Gasteiger partial charge < -0.3 is 15.4 Å². The summed E-state index contributed by atoms with van der Waals surface area (Å²) in [6.45, 7) is 1.84. The molecular formula is C18H18F3N3O4. The molecular weight excluding hydrogens is 379 g/mol. The summed E-state index contributed by atoms with van der Waals surface area (Å²) in [6.07, 6.45) is -4.74. The Morgan fingerprint density at radius 3 is 2.50 bits per heavy atom. The fourth-order valence-electron chi connectivity index (χ4n) is 2.45. The lowest BCUT2D eigenvalue weighted by molar-refractivity contribution is -0.384. The number of hydrogen-bond acceptors (Lipinski definition) is 5. The topological polar surface area (TPSA) is 93.5 Å². The standard InChI is InChI=1S/C18H18F3N3O4/c1-11-3-6-16(28-2)14(9-11)23-17(25)7-8-22-13-5-4-12(18(19,20)21)10-15(13)24(26)27/h3-6,9-10,22H,7-8H2,1-2H3,(H,23,25). The van der Waals surface area contributed by atoms with E-state index in [2.05, 4.69) is 10.6 Å². The number of amides is 1. The van der Waals surface area contributed by atoms with Crippen LogP contribution in [0.1, 0.15) is 17.5 Å². The number of anilines is 2. The van der Waals surface area contributed by atoms with Crippen molar-refractivity contribution in [3.05, 3.63) is 57.6 Å². The van der Waals surface area contributed by atoms with Crippen molar-refractivity contribution >= 4 is 23.0 Å². The average molecular weight is 397 g/mol. The molecule has 0 atom stereocenters. The Labute approximate surface area is 158 Å². The van der Waals surface area contributed by atoms with Crippen LogP contribution < -0.4 is 15.4 Å². The van der Waals surface area contributed by atoms with Gasteiger partial charge in [-0.1, -0.05) is 6.07 Å². The van der Waals surface area contributed by atoms with Gasteiger partial charge in [0, 0.05) is 19.0 Å². The molecule has 0 aliphatic carbocycles. The number of alkyl halides is 3. The highest BCUT2D eigenvalue weighted by Crippen LogP contribution is 2.35. The first-order valence-electron chi connectivity index (χ1n) is 8.16. The second-order valence-electron chi connectivity index (χ2n) is 5.92. The second kappa shape index (κ2) is 8.59. The number of nitrogens with zero attached hydrogens (tertiary/aromatic N) is 1. The molecule has 150 valence electrons. The zero-order chi connectivity index (χ0) is 20.9. The number of ether oxygens (including phenoxy) is 1. The van der Waals surface area contributed by atoms with E-state index in [0.29, 0.717) is 17.5 Å². The number of methoxy groups -OCH3 is 1. The van der Waals surface area contributed by atoms with Gasteiger partial charge in [-0.25, -0.2) is 0 Å². The van der Waals surface area contributed by atoms with Gasteiger partial charge in [0.2, 0.25) is 5.91 Å². The molecule has 0 aliphatic rings. The highest BCUT2D eigenvalue weighted by Gasteiger charge is 2.33. The number of hydrogen-bond donors (Lipinski definition) is 2. The highest BCUT2D eigenvalue weighted by molar-refractivity contribution is 5.92. The summed E-state index contributed by atoms with van der Waals surface area (Å²) in [5, 5.41) is 16.3. The van der Waals surface area contributed by atoms with Crippen LogP contribution in [-0.2, 0) is 11.0 Å². The zero-order valence-corrected chi connectivity index (χ0v) is 15.1. The molecule has 10 heteroatoms. The minimum Gasteiger partial charge on any atom is -0.495 e. The molecule has 0 spiro atoms. The van der Waals surface area contributed by atoms with Crippen LogP contribution >= 0.6 is 0 Å². The smallest absolute Gasteiger partial charge is 0.416 e. The Balaban J connectivity index is 2.02. The molecule has 0 radical (unpaired) electrons. The summed E-state index contributed by atoms with van der Waals surface area (Å²) in [6, 6.07) is 7.43. The molecule has 7 nitrogen and oxygen atoms in total. The van der Waals surface area contributed by atoms with Crippen molar-refractivity contribution < 1.29 is 27.6 Å². The molecule has 2 aromatic rings. The van der Waals surface area contributed by atoms with Crippen molar-refractivity contribution in [1.29, 1.82) is 0 Å². The van der Waals surface area contributed by atoms with Crippen LogP contribution in [0, 0.1) is 17.0 Å². The Bertz CT molecular complexity index is 885. The van der Waals surface area contributed by atoms with E-state index in [1.807, 2.05) is 13.0 Å². The van der Waals surface area contributed by atoms with Crippen molar-refractivity contribution in [1.82, 2.24) is 0 Å². The van der Waals surface area contributed by atoms with Crippen molar-refractivity contribution in [3.63, 3.8) is 0 Å². The molecule has 0 unspecified atom stereocenters. The Kier molecular flexibility index (Phi) is 6.45. The van der Waals surface area contributed by atoms with E-state index in [1.165, 1.54) is 7.11 Å². The quantitative estimate of drug-likeness (QED) is 0.535. The molecule has 0 saturated carbocycles. The van der Waals surface area contributed by atoms with Gasteiger partial charge in [0.05, 0.1) is 23.3 Å². The Morgan fingerprint density at radius 2 is 1.89 bits per heavy atom. The maximum Gasteiger partial charge on any atom is 0.416 e. The number of rotatable bonds is 7. The zero-order valence-electron chi connectivity index (χ0n) is 15.1. The van der Waals surface area contributed by atoms with Crippen molar-refractivity contribution in [2.45, 2.75) is 19.5 Å². The predicted molar refractivity (Wildman–Crippen MR) is 97.6 cm³/mol. The number of carbonyl (C=O) groups is 1. The number of benzene rings is 2. The number of nitro benzene ring substituents is 1. The predicted octanol–water partition coefficient (Wildman–Crippen LogP) is 4.37. The third-order valence-electron chi connectivity index (χ3n) is 3.82. The third kappa shape index (κ3) is 5.35. The normalized spacial score (nSPS) is 11.0. The van der Waals surface area contributed by atoms with Crippen LogP contribution in [-0.4, -0.2) is 24.5 Å². The molecule has 0 fully saturated rings. The van der Waals surface area contributed by atoms with Gasteiger partial charge in [0.1, 0.15) is 11.4 Å². The van der Waals surface area contributed by atoms with E-state index in [0.717, 1.165) is 17.7 Å². The van der Waals surface area contributed by atoms with Gasteiger partial charge in [-0.2, -0.15) is 13.2 Å². The summed E-state index contributed by atoms with van der Waals surface area (Å²) in [5.74, 6) is 0.0938. The highest BCUT2D eigenvalue weighted by atomic mass is 19.4. The first-order chi connectivity index (χ1) is 13.1. The molecule has 0 bridgehead atoms. The molecule has 0 heterocycles. The summed E-state index contributed by atoms with van der Waals surface area (Å²) < 4.78 is 43.3. The van der Waals surface area contributed by atoms with E-state index in [9.17, 15) is 28.1 Å². The fourth-order valence-corrected chi connectivity index (χ4v) is 2.45. The van der Waals surface area contributed by atoms with Gasteiger partial charge in [-0.05, 0) is 36.8 Å². The number of halogens is 3. The number of nitro groups is 1. The van der Waals surface area contributed by atoms with Crippen LogP contribution in [0.2, 0.25) is 0 Å². The largest absolute Gasteiger partial charge is 0.495 e. The van der Waals surface area contributed by atoms with Gasteiger partial charge in [-0.15, -0.1) is 0 Å². The lowest BCUT2D eigenvalue weighted by atomic mass is 10.1. The molecule has 28 heavy (non-hydrogen) atoms. The molecule has 0 aromatic heterocycles. The molecule has 0 saturated heterocycles. The maximum atomic E-state index is 12.7. The van der Waals surface area contributed by atoms with Crippen LogP contribution in [0.3, 0.4) is 0 Å². The lowest BCUT2D eigenvalue weighted by Gasteiger charge is -2.12. The molecule has 1 amide bonds. The third-order valence-corrected chi connectivity index (χ3v) is 3.82. The molecule has 0 aliphatic heterocycles. The summed E-state index contributed by atoms with van der Waals surface area (Å²) in [7, 11) is 1.46. The minimum absolute atomic E-state index is 0.00777. The second-order valence-corrected chi connectivity index (χ2v) is 5.92. The first kappa shape index (κ1) is 21.0. The van der Waals surface area contributed by atoms with Crippen molar-refractivity contribution in [3.8, 4) is 5.75 Å². The van der Waals surface area contributed by atoms with Gasteiger partial charge in [0.15, 0.2) is 0 Å². The van der Waals surface area contributed by atoms with Crippen LogP contribution in [0.25, 0.3) is 0 Å². The molecule has 2 aromatic carbocycles. The van der Waals surface area contributed by atoms with Crippen LogP contribution in [0.15, 0.2) is 36.4 Å².